The van der Waals surface area contributed by atoms with Gasteiger partial charge in [-0.25, -0.2) is 0 Å². The maximum Gasteiger partial charge on any atom is 0.161 e. The van der Waals surface area contributed by atoms with Crippen molar-refractivity contribution in [1.29, 1.82) is 0 Å². The van der Waals surface area contributed by atoms with Gasteiger partial charge in [0.1, 0.15) is 6.29 Å². The van der Waals surface area contributed by atoms with E-state index in [-0.39, 0.29) is 0 Å². The van der Waals surface area contributed by atoms with Crippen molar-refractivity contribution in [3.63, 3.8) is 0 Å². The minimum absolute atomic E-state index is 0.411. The van der Waals surface area contributed by atoms with Gasteiger partial charge in [-0.2, -0.15) is 0 Å². The predicted molar refractivity (Wildman–Crippen MR) is 92.4 cm³/mol. The molecule has 0 aliphatic carbocycles. The molecule has 1 heterocycles. The number of fused-ring (bicyclic) bond motifs is 1. The number of carbonyl (C=O) groups is 1. The lowest BCUT2D eigenvalue weighted by molar-refractivity contribution is -0.107. The van der Waals surface area contributed by atoms with E-state index in [2.05, 4.69) is 17.4 Å². The van der Waals surface area contributed by atoms with Crippen LogP contribution in [0.3, 0.4) is 0 Å². The van der Waals surface area contributed by atoms with Crippen molar-refractivity contribution in [1.82, 2.24) is 5.32 Å². The summed E-state index contributed by atoms with van der Waals surface area (Å²) in [6.07, 6.45) is 9.78. The fraction of sp³-hybridized carbons (Fsp3) is 0.632. The van der Waals surface area contributed by atoms with Crippen LogP contribution in [0.1, 0.15) is 62.1 Å². The Bertz CT molecular complexity index is 502. The summed E-state index contributed by atoms with van der Waals surface area (Å²) in [6, 6.07) is 4.67. The maximum absolute atomic E-state index is 10.3. The molecule has 0 saturated heterocycles. The average molecular weight is 319 g/mol. The monoisotopic (exact) mass is 319 g/mol. The predicted octanol–water partition coefficient (Wildman–Crippen LogP) is 3.82. The van der Waals surface area contributed by atoms with E-state index in [1.807, 2.05) is 0 Å². The number of unbranched alkanes of at least 4 members (excludes halogenated alkanes) is 5. The molecular weight excluding hydrogens is 290 g/mol. The molecule has 4 heteroatoms. The summed E-state index contributed by atoms with van der Waals surface area (Å²) in [5.41, 5.74) is 2.73. The molecule has 0 saturated carbocycles. The molecule has 128 valence electrons. The third-order valence-electron chi connectivity index (χ3n) is 4.62. The van der Waals surface area contributed by atoms with E-state index in [0.29, 0.717) is 12.5 Å². The summed E-state index contributed by atoms with van der Waals surface area (Å²) < 4.78 is 10.9. The Morgan fingerprint density at radius 2 is 1.78 bits per heavy atom. The largest absolute Gasteiger partial charge is 0.493 e. The highest BCUT2D eigenvalue weighted by Gasteiger charge is 2.22. The molecule has 23 heavy (non-hydrogen) atoms. The minimum Gasteiger partial charge on any atom is -0.493 e. The van der Waals surface area contributed by atoms with Gasteiger partial charge in [-0.1, -0.05) is 25.7 Å². The van der Waals surface area contributed by atoms with Gasteiger partial charge in [0.05, 0.1) is 14.2 Å². The quantitative estimate of drug-likeness (QED) is 0.526. The van der Waals surface area contributed by atoms with Crippen LogP contribution < -0.4 is 14.8 Å². The number of carbonyl (C=O) groups excluding carboxylic acids is 1. The van der Waals surface area contributed by atoms with Crippen molar-refractivity contribution in [3.8, 4) is 11.5 Å². The molecule has 0 radical (unpaired) electrons. The first-order valence-electron chi connectivity index (χ1n) is 8.72. The molecule has 0 spiro atoms. The molecule has 1 aromatic rings. The zero-order chi connectivity index (χ0) is 16.5. The van der Waals surface area contributed by atoms with Gasteiger partial charge < -0.3 is 19.6 Å². The van der Waals surface area contributed by atoms with Gasteiger partial charge in [0, 0.05) is 12.5 Å². The topological polar surface area (TPSA) is 47.6 Å². The van der Waals surface area contributed by atoms with Gasteiger partial charge in [0.15, 0.2) is 11.5 Å². The first-order valence-corrected chi connectivity index (χ1v) is 8.72. The first kappa shape index (κ1) is 17.8. The van der Waals surface area contributed by atoms with Crippen molar-refractivity contribution in [2.75, 3.05) is 20.8 Å². The van der Waals surface area contributed by atoms with E-state index < -0.39 is 0 Å². The van der Waals surface area contributed by atoms with E-state index in [9.17, 15) is 4.79 Å². The number of hydrogen-bond acceptors (Lipinski definition) is 4. The Morgan fingerprint density at radius 3 is 2.52 bits per heavy atom. The lowest BCUT2D eigenvalue weighted by Crippen LogP contribution is -2.29. The van der Waals surface area contributed by atoms with Crippen molar-refractivity contribution in [2.24, 2.45) is 0 Å². The highest BCUT2D eigenvalue weighted by Crippen LogP contribution is 2.36. The highest BCUT2D eigenvalue weighted by atomic mass is 16.5. The number of methoxy groups -OCH3 is 2. The molecule has 1 atom stereocenters. The number of nitrogens with one attached hydrogen (secondary N) is 1. The molecule has 4 nitrogen and oxygen atoms in total. The number of hydrogen-bond donors (Lipinski definition) is 1. The van der Waals surface area contributed by atoms with E-state index in [1.54, 1.807) is 14.2 Å². The van der Waals surface area contributed by atoms with Gasteiger partial charge in [0.25, 0.3) is 0 Å². The number of ether oxygens (including phenoxy) is 2. The Balaban J connectivity index is 1.89. The first-order chi connectivity index (χ1) is 11.3. The van der Waals surface area contributed by atoms with E-state index in [0.717, 1.165) is 43.6 Å². The van der Waals surface area contributed by atoms with Crippen molar-refractivity contribution >= 4 is 6.29 Å². The normalized spacial score (nSPS) is 16.7. The van der Waals surface area contributed by atoms with E-state index in [4.69, 9.17) is 9.47 Å². The van der Waals surface area contributed by atoms with Crippen molar-refractivity contribution < 1.29 is 14.3 Å². The van der Waals surface area contributed by atoms with Crippen LogP contribution in [0, 0.1) is 0 Å². The van der Waals surface area contributed by atoms with Gasteiger partial charge in [0.2, 0.25) is 0 Å². The average Bonchev–Trinajstić information content (AvgIpc) is 2.59. The van der Waals surface area contributed by atoms with Crippen LogP contribution in [-0.2, 0) is 11.2 Å². The highest BCUT2D eigenvalue weighted by molar-refractivity contribution is 5.49. The van der Waals surface area contributed by atoms with Crippen molar-refractivity contribution in [3.05, 3.63) is 23.3 Å². The van der Waals surface area contributed by atoms with Crippen molar-refractivity contribution in [2.45, 2.75) is 57.4 Å². The second-order valence-corrected chi connectivity index (χ2v) is 6.17. The molecule has 1 aliphatic heterocycles. The number of aldehydes is 1. The van der Waals surface area contributed by atoms with E-state index in [1.165, 1.54) is 36.8 Å². The Morgan fingerprint density at radius 1 is 1.09 bits per heavy atom. The van der Waals surface area contributed by atoms with Gasteiger partial charge in [-0.3, -0.25) is 0 Å². The second kappa shape index (κ2) is 9.56. The van der Waals surface area contributed by atoms with Crippen LogP contribution in [0.25, 0.3) is 0 Å². The zero-order valence-electron chi connectivity index (χ0n) is 14.4. The molecule has 1 aliphatic rings. The lowest BCUT2D eigenvalue weighted by atomic mass is 9.90. The summed E-state index contributed by atoms with van der Waals surface area (Å²) >= 11 is 0. The third-order valence-corrected chi connectivity index (χ3v) is 4.62. The second-order valence-electron chi connectivity index (χ2n) is 6.17. The zero-order valence-corrected chi connectivity index (χ0v) is 14.4. The Hall–Kier alpha value is -1.55. The molecule has 0 fully saturated rings. The van der Waals surface area contributed by atoms with Crippen LogP contribution in [-0.4, -0.2) is 27.1 Å². The van der Waals surface area contributed by atoms with Gasteiger partial charge in [-0.05, 0) is 49.1 Å². The fourth-order valence-electron chi connectivity index (χ4n) is 3.33. The number of benzene rings is 1. The third kappa shape index (κ3) is 4.96. The summed E-state index contributed by atoms with van der Waals surface area (Å²) in [5.74, 6) is 1.64. The standard InChI is InChI=1S/C19H29NO3/c1-22-18-13-15-10-11-20-17(16(15)14-19(18)23-2)9-7-5-3-4-6-8-12-21/h12-14,17,20H,3-11H2,1-2H3. The Kier molecular flexibility index (Phi) is 7.40. The number of rotatable bonds is 10. The van der Waals surface area contributed by atoms with Gasteiger partial charge >= 0.3 is 0 Å². The lowest BCUT2D eigenvalue weighted by Gasteiger charge is -2.28. The molecule has 0 aromatic heterocycles. The SMILES string of the molecule is COc1cc2c(cc1OC)C(CCCCCCCC=O)NCC2. The molecular formula is C19H29NO3. The molecule has 0 amide bonds. The summed E-state index contributed by atoms with van der Waals surface area (Å²) in [7, 11) is 3.38. The summed E-state index contributed by atoms with van der Waals surface area (Å²) in [6.45, 7) is 1.02. The molecule has 1 N–H and O–H groups in total. The van der Waals surface area contributed by atoms with Crippen LogP contribution in [0.2, 0.25) is 0 Å². The minimum atomic E-state index is 0.411. The Labute approximate surface area is 139 Å². The molecule has 1 unspecified atom stereocenters. The van der Waals surface area contributed by atoms with Crippen LogP contribution in [0.4, 0.5) is 0 Å². The van der Waals surface area contributed by atoms with E-state index >= 15 is 0 Å². The molecule has 0 bridgehead atoms. The summed E-state index contributed by atoms with van der Waals surface area (Å²) in [5, 5.41) is 3.63. The van der Waals surface area contributed by atoms with Crippen LogP contribution >= 0.6 is 0 Å². The maximum atomic E-state index is 10.3. The molecule has 2 rings (SSSR count). The smallest absolute Gasteiger partial charge is 0.161 e. The molecule has 1 aromatic carbocycles. The summed E-state index contributed by atoms with van der Waals surface area (Å²) in [4.78, 5) is 10.3. The fourth-order valence-corrected chi connectivity index (χ4v) is 3.33. The van der Waals surface area contributed by atoms with Gasteiger partial charge in [-0.15, -0.1) is 0 Å². The van der Waals surface area contributed by atoms with Crippen LogP contribution in [0.5, 0.6) is 11.5 Å². The van der Waals surface area contributed by atoms with Crippen LogP contribution in [0.15, 0.2) is 12.1 Å².